The molecule has 0 saturated carbocycles. The van der Waals surface area contributed by atoms with E-state index in [1.165, 1.54) is 18.4 Å². The Kier molecular flexibility index (Phi) is 4.98. The standard InChI is InChI=1S/C21H28N2O3/c1-23-16-10-11-19(23)18-13-26-21(25)5-3-2-4-20(24)22-15-8-6-14(7-9-15)17(18)12-16/h6-9,16-19H,2-5,10-13H2,1H3,(H,22,24)/t16-,17+,18-,19+/m0/s1. The van der Waals surface area contributed by atoms with Crippen molar-refractivity contribution in [3.8, 4) is 0 Å². The van der Waals surface area contributed by atoms with Crippen molar-refractivity contribution < 1.29 is 14.3 Å². The van der Waals surface area contributed by atoms with Gasteiger partial charge >= 0.3 is 5.97 Å². The molecule has 2 saturated heterocycles. The van der Waals surface area contributed by atoms with Gasteiger partial charge < -0.3 is 15.0 Å². The van der Waals surface area contributed by atoms with Crippen LogP contribution in [0.4, 0.5) is 5.69 Å². The van der Waals surface area contributed by atoms with Crippen molar-refractivity contribution >= 4 is 17.6 Å². The van der Waals surface area contributed by atoms with Crippen LogP contribution in [0.1, 0.15) is 56.4 Å². The maximum Gasteiger partial charge on any atom is 0.305 e. The molecule has 0 aliphatic carbocycles. The Balaban J connectivity index is 1.61. The van der Waals surface area contributed by atoms with Crippen molar-refractivity contribution in [3.05, 3.63) is 29.8 Å². The zero-order valence-corrected chi connectivity index (χ0v) is 15.4. The Bertz CT molecular complexity index is 672. The second-order valence-corrected chi connectivity index (χ2v) is 8.03. The average molecular weight is 356 g/mol. The summed E-state index contributed by atoms with van der Waals surface area (Å²) in [5.74, 6) is 0.632. The molecule has 5 heteroatoms. The van der Waals surface area contributed by atoms with Gasteiger partial charge in [0.25, 0.3) is 0 Å². The van der Waals surface area contributed by atoms with Crippen molar-refractivity contribution in [2.24, 2.45) is 5.92 Å². The molecule has 1 N–H and O–H groups in total. The Morgan fingerprint density at radius 2 is 1.85 bits per heavy atom. The van der Waals surface area contributed by atoms with Crippen LogP contribution in [0.25, 0.3) is 0 Å². The van der Waals surface area contributed by atoms with Crippen LogP contribution in [0.5, 0.6) is 0 Å². The third-order valence-corrected chi connectivity index (χ3v) is 6.53. The summed E-state index contributed by atoms with van der Waals surface area (Å²) < 4.78 is 5.69. The fourth-order valence-electron chi connectivity index (χ4n) is 5.04. The number of anilines is 1. The Hall–Kier alpha value is -1.88. The molecule has 4 atom stereocenters. The molecule has 0 spiro atoms. The molecule has 140 valence electrons. The first-order valence-corrected chi connectivity index (χ1v) is 9.89. The second kappa shape index (κ2) is 7.39. The van der Waals surface area contributed by atoms with E-state index in [1.807, 2.05) is 12.1 Å². The van der Waals surface area contributed by atoms with Gasteiger partial charge in [0.05, 0.1) is 6.61 Å². The third kappa shape index (κ3) is 3.50. The molecule has 26 heavy (non-hydrogen) atoms. The van der Waals surface area contributed by atoms with Crippen molar-refractivity contribution in [2.75, 3.05) is 19.0 Å². The number of fused-ring (bicyclic) bond motifs is 12. The fraction of sp³-hybridized carbons (Fsp3) is 0.619. The highest BCUT2D eigenvalue weighted by Crippen LogP contribution is 2.46. The van der Waals surface area contributed by atoms with Crippen molar-refractivity contribution in [1.29, 1.82) is 0 Å². The van der Waals surface area contributed by atoms with Gasteiger partial charge in [-0.1, -0.05) is 12.1 Å². The number of nitrogens with one attached hydrogen (secondary N) is 1. The molecule has 1 aromatic carbocycles. The first-order chi connectivity index (χ1) is 12.6. The maximum absolute atomic E-state index is 12.1. The number of hydrogen-bond donors (Lipinski definition) is 1. The van der Waals surface area contributed by atoms with Gasteiger partial charge in [-0.2, -0.15) is 0 Å². The summed E-state index contributed by atoms with van der Waals surface area (Å²) in [6, 6.07) is 9.41. The predicted octanol–water partition coefficient (Wildman–Crippen LogP) is 3.31. The number of esters is 1. The number of benzene rings is 1. The summed E-state index contributed by atoms with van der Waals surface area (Å²) >= 11 is 0. The van der Waals surface area contributed by atoms with E-state index in [-0.39, 0.29) is 11.9 Å². The normalized spacial score (nSPS) is 33.0. The molecule has 4 aliphatic rings. The Morgan fingerprint density at radius 1 is 1.08 bits per heavy atom. The van der Waals surface area contributed by atoms with Crippen LogP contribution in [0.2, 0.25) is 0 Å². The minimum absolute atomic E-state index is 0.0104. The summed E-state index contributed by atoms with van der Waals surface area (Å²) in [4.78, 5) is 26.7. The Morgan fingerprint density at radius 3 is 2.65 bits per heavy atom. The van der Waals surface area contributed by atoms with Crippen molar-refractivity contribution in [3.63, 3.8) is 0 Å². The van der Waals surface area contributed by atoms with E-state index in [1.54, 1.807) is 0 Å². The number of nitrogens with zero attached hydrogens (tertiary/aromatic N) is 1. The van der Waals surface area contributed by atoms with Crippen LogP contribution < -0.4 is 5.32 Å². The van der Waals surface area contributed by atoms with Crippen LogP contribution in [0.15, 0.2) is 24.3 Å². The molecule has 4 heterocycles. The quantitative estimate of drug-likeness (QED) is 0.725. The lowest BCUT2D eigenvalue weighted by molar-refractivity contribution is -0.146. The predicted molar refractivity (Wildman–Crippen MR) is 99.9 cm³/mol. The molecule has 0 unspecified atom stereocenters. The van der Waals surface area contributed by atoms with E-state index < -0.39 is 0 Å². The summed E-state index contributed by atoms with van der Waals surface area (Å²) in [7, 11) is 2.22. The molecule has 5 rings (SSSR count). The molecular weight excluding hydrogens is 328 g/mol. The Labute approximate surface area is 155 Å². The highest BCUT2D eigenvalue weighted by molar-refractivity contribution is 5.90. The zero-order valence-electron chi connectivity index (χ0n) is 15.4. The van der Waals surface area contributed by atoms with Crippen LogP contribution in [0.3, 0.4) is 0 Å². The molecule has 1 aromatic rings. The van der Waals surface area contributed by atoms with E-state index in [0.717, 1.165) is 12.1 Å². The fourth-order valence-corrected chi connectivity index (χ4v) is 5.04. The number of carbonyl (C=O) groups is 2. The monoisotopic (exact) mass is 356 g/mol. The zero-order chi connectivity index (χ0) is 18.1. The lowest BCUT2D eigenvalue weighted by Crippen LogP contribution is -2.47. The van der Waals surface area contributed by atoms with Crippen LogP contribution in [0, 0.1) is 5.92 Å². The molecule has 0 radical (unpaired) electrons. The largest absolute Gasteiger partial charge is 0.465 e. The van der Waals surface area contributed by atoms with Gasteiger partial charge in [0.15, 0.2) is 0 Å². The van der Waals surface area contributed by atoms with E-state index in [9.17, 15) is 9.59 Å². The smallest absolute Gasteiger partial charge is 0.305 e. The third-order valence-electron chi connectivity index (χ3n) is 6.53. The lowest BCUT2D eigenvalue weighted by Gasteiger charge is -2.43. The molecule has 0 aromatic heterocycles. The van der Waals surface area contributed by atoms with Gasteiger partial charge in [-0.05, 0) is 62.8 Å². The maximum atomic E-state index is 12.1. The summed E-state index contributed by atoms with van der Waals surface area (Å²) in [5.41, 5.74) is 2.15. The summed E-state index contributed by atoms with van der Waals surface area (Å²) in [5, 5.41) is 2.96. The second-order valence-electron chi connectivity index (χ2n) is 8.03. The molecule has 4 bridgehead atoms. The van der Waals surface area contributed by atoms with Gasteiger partial charge in [-0.25, -0.2) is 0 Å². The highest BCUT2D eigenvalue weighted by atomic mass is 16.5. The molecular formula is C21H28N2O3. The number of piperidine rings is 1. The van der Waals surface area contributed by atoms with Gasteiger partial charge in [0, 0.05) is 36.5 Å². The lowest BCUT2D eigenvalue weighted by atomic mass is 9.76. The molecule has 1 amide bonds. The topological polar surface area (TPSA) is 58.6 Å². The van der Waals surface area contributed by atoms with Crippen LogP contribution in [-0.2, 0) is 14.3 Å². The summed E-state index contributed by atoms with van der Waals surface area (Å²) in [6.45, 7) is 0.504. The van der Waals surface area contributed by atoms with E-state index in [4.69, 9.17) is 4.74 Å². The van der Waals surface area contributed by atoms with Gasteiger partial charge in [-0.15, -0.1) is 0 Å². The molecule has 5 nitrogen and oxygen atoms in total. The van der Waals surface area contributed by atoms with Crippen molar-refractivity contribution in [1.82, 2.24) is 4.90 Å². The summed E-state index contributed by atoms with van der Waals surface area (Å²) in [6.07, 6.45) is 5.78. The number of carbonyl (C=O) groups excluding carboxylic acids is 2. The first kappa shape index (κ1) is 17.5. The molecule has 2 fully saturated rings. The van der Waals surface area contributed by atoms with Gasteiger partial charge in [-0.3, -0.25) is 9.59 Å². The minimum atomic E-state index is -0.128. The van der Waals surface area contributed by atoms with Gasteiger partial charge in [0.2, 0.25) is 5.91 Å². The average Bonchev–Trinajstić information content (AvgIpc) is 2.88. The van der Waals surface area contributed by atoms with E-state index in [0.29, 0.717) is 56.2 Å². The van der Waals surface area contributed by atoms with Crippen LogP contribution >= 0.6 is 0 Å². The number of ether oxygens (including phenoxy) is 1. The van der Waals surface area contributed by atoms with Crippen molar-refractivity contribution in [2.45, 2.75) is 62.9 Å². The first-order valence-electron chi connectivity index (χ1n) is 9.89. The molecule has 4 aliphatic heterocycles. The van der Waals surface area contributed by atoms with E-state index in [2.05, 4.69) is 29.4 Å². The SMILES string of the molecule is CN1[C@H]2CC[C@@H]1[C@H]1COC(=O)CCCCC(=O)Nc3ccc(cc3)[C@H]1C2. The minimum Gasteiger partial charge on any atom is -0.465 e. The van der Waals surface area contributed by atoms with Crippen LogP contribution in [-0.4, -0.2) is 42.5 Å². The number of rotatable bonds is 0. The highest BCUT2D eigenvalue weighted by Gasteiger charge is 2.46. The number of amides is 1. The van der Waals surface area contributed by atoms with Gasteiger partial charge in [0.1, 0.15) is 0 Å². The number of hydrogen-bond acceptors (Lipinski definition) is 4. The van der Waals surface area contributed by atoms with E-state index >= 15 is 0 Å².